The van der Waals surface area contributed by atoms with Gasteiger partial charge in [0, 0.05) is 12.4 Å². The molecule has 2 aromatic heterocycles. The van der Waals surface area contributed by atoms with Crippen LogP contribution in [0.5, 0.6) is 0 Å². The maximum absolute atomic E-state index is 12.0. The number of sulfonamides is 1. The van der Waals surface area contributed by atoms with Gasteiger partial charge in [-0.1, -0.05) is 0 Å². The molecule has 0 aromatic carbocycles. The van der Waals surface area contributed by atoms with Gasteiger partial charge in [0.05, 0.1) is 6.20 Å². The zero-order chi connectivity index (χ0) is 14.8. The Morgan fingerprint density at radius 2 is 2.25 bits per heavy atom. The molecule has 0 saturated heterocycles. The lowest BCUT2D eigenvalue weighted by Crippen LogP contribution is -2.14. The molecule has 0 aliphatic heterocycles. The normalized spacial score (nSPS) is 11.2. The van der Waals surface area contributed by atoms with Crippen molar-refractivity contribution in [1.82, 2.24) is 19.7 Å². The number of carbonyl (C=O) groups is 1. The van der Waals surface area contributed by atoms with E-state index in [0.29, 0.717) is 0 Å². The Morgan fingerprint density at radius 3 is 2.90 bits per heavy atom. The van der Waals surface area contributed by atoms with E-state index < -0.39 is 22.5 Å². The van der Waals surface area contributed by atoms with Gasteiger partial charge in [0.15, 0.2) is 0 Å². The van der Waals surface area contributed by atoms with Crippen molar-refractivity contribution < 1.29 is 18.3 Å². The molecule has 2 heterocycles. The summed E-state index contributed by atoms with van der Waals surface area (Å²) in [4.78, 5) is 17.6. The van der Waals surface area contributed by atoms with E-state index in [-0.39, 0.29) is 16.0 Å². The predicted molar refractivity (Wildman–Crippen MR) is 67.7 cm³/mol. The number of nitrogens with zero attached hydrogens (tertiary/aromatic N) is 4. The lowest BCUT2D eigenvalue weighted by molar-refractivity contribution is -0.137. The minimum Gasteiger partial charge on any atom is -0.480 e. The van der Waals surface area contributed by atoms with Gasteiger partial charge < -0.3 is 5.11 Å². The van der Waals surface area contributed by atoms with Crippen LogP contribution in [0.3, 0.4) is 0 Å². The molecule has 0 bridgehead atoms. The summed E-state index contributed by atoms with van der Waals surface area (Å²) in [7, 11) is -3.92. The molecule has 0 aliphatic carbocycles. The summed E-state index contributed by atoms with van der Waals surface area (Å²) in [5.41, 5.74) is 0. The van der Waals surface area contributed by atoms with Gasteiger partial charge in [0.25, 0.3) is 10.0 Å². The van der Waals surface area contributed by atoms with E-state index in [1.165, 1.54) is 12.3 Å². The summed E-state index contributed by atoms with van der Waals surface area (Å²) in [6.45, 7) is -0.436. The van der Waals surface area contributed by atoms with Gasteiger partial charge >= 0.3 is 5.97 Å². The number of halogens is 1. The maximum atomic E-state index is 12.0. The van der Waals surface area contributed by atoms with Gasteiger partial charge in [-0.2, -0.15) is 10.1 Å². The Balaban J connectivity index is 2.22. The summed E-state index contributed by atoms with van der Waals surface area (Å²) in [5.74, 6) is -1.14. The fraction of sp³-hybridized carbons (Fsp3) is 0.111. The molecule has 0 amide bonds. The van der Waals surface area contributed by atoms with E-state index in [1.54, 1.807) is 0 Å². The van der Waals surface area contributed by atoms with E-state index in [2.05, 4.69) is 19.8 Å². The van der Waals surface area contributed by atoms with Crippen molar-refractivity contribution in [2.24, 2.45) is 0 Å². The monoisotopic (exact) mass is 317 g/mol. The predicted octanol–water partition coefficient (Wildman–Crippen LogP) is 0.212. The van der Waals surface area contributed by atoms with Crippen LogP contribution < -0.4 is 4.72 Å². The van der Waals surface area contributed by atoms with Crippen LogP contribution in [-0.4, -0.2) is 39.2 Å². The summed E-state index contributed by atoms with van der Waals surface area (Å²) in [5, 5.41) is 12.1. The zero-order valence-electron chi connectivity index (χ0n) is 9.76. The number of hydrogen-bond donors (Lipinski definition) is 2. The number of aliphatic carboxylic acids is 1. The van der Waals surface area contributed by atoms with E-state index in [0.717, 1.165) is 17.1 Å². The lowest BCUT2D eigenvalue weighted by Gasteiger charge is -2.04. The Hall–Kier alpha value is -2.20. The Kier molecular flexibility index (Phi) is 3.86. The number of rotatable bonds is 5. The van der Waals surface area contributed by atoms with Crippen molar-refractivity contribution in [1.29, 1.82) is 0 Å². The Labute approximate surface area is 118 Å². The molecule has 2 rings (SSSR count). The SMILES string of the molecule is O=C(O)Cn1cc(S(=O)(=O)Nc2ccnc(Cl)n2)cn1. The second-order valence-electron chi connectivity index (χ2n) is 3.58. The summed E-state index contributed by atoms with van der Waals surface area (Å²) in [6, 6.07) is 1.32. The number of anilines is 1. The van der Waals surface area contributed by atoms with Gasteiger partial charge in [0.1, 0.15) is 17.3 Å². The number of aromatic nitrogens is 4. The van der Waals surface area contributed by atoms with Gasteiger partial charge in [-0.05, 0) is 17.7 Å². The second-order valence-corrected chi connectivity index (χ2v) is 5.60. The fourth-order valence-electron chi connectivity index (χ4n) is 1.30. The van der Waals surface area contributed by atoms with Crippen LogP contribution in [0.1, 0.15) is 0 Å². The molecule has 0 radical (unpaired) electrons. The third kappa shape index (κ3) is 3.42. The Bertz CT molecular complexity index is 744. The molecule has 11 heteroatoms. The first-order chi connectivity index (χ1) is 9.37. The van der Waals surface area contributed by atoms with Gasteiger partial charge in [-0.25, -0.2) is 13.4 Å². The number of carboxylic acids is 1. The van der Waals surface area contributed by atoms with Crippen molar-refractivity contribution in [3.05, 3.63) is 29.9 Å². The second kappa shape index (κ2) is 5.43. The van der Waals surface area contributed by atoms with E-state index in [9.17, 15) is 13.2 Å². The molecule has 106 valence electrons. The van der Waals surface area contributed by atoms with Crippen LogP contribution in [0.4, 0.5) is 5.82 Å². The lowest BCUT2D eigenvalue weighted by atomic mass is 10.6. The third-order valence-electron chi connectivity index (χ3n) is 2.08. The van der Waals surface area contributed by atoms with E-state index in [4.69, 9.17) is 16.7 Å². The van der Waals surface area contributed by atoms with E-state index in [1.807, 2.05) is 0 Å². The smallest absolute Gasteiger partial charge is 0.325 e. The number of carboxylic acid groups (broad SMARTS) is 1. The summed E-state index contributed by atoms with van der Waals surface area (Å²) in [6.07, 6.45) is 3.42. The largest absolute Gasteiger partial charge is 0.480 e. The van der Waals surface area contributed by atoms with Crippen molar-refractivity contribution in [3.63, 3.8) is 0 Å². The fourth-order valence-corrected chi connectivity index (χ4v) is 2.40. The average molecular weight is 318 g/mol. The quantitative estimate of drug-likeness (QED) is 0.754. The van der Waals surface area contributed by atoms with Crippen LogP contribution in [0.25, 0.3) is 0 Å². The van der Waals surface area contributed by atoms with Crippen LogP contribution >= 0.6 is 11.6 Å². The van der Waals surface area contributed by atoms with E-state index >= 15 is 0 Å². The van der Waals surface area contributed by atoms with Crippen molar-refractivity contribution in [2.45, 2.75) is 11.4 Å². The Morgan fingerprint density at radius 1 is 1.50 bits per heavy atom. The molecule has 0 unspecified atom stereocenters. The molecule has 2 aromatic rings. The minimum absolute atomic E-state index is 0.00372. The highest BCUT2D eigenvalue weighted by Gasteiger charge is 2.18. The molecule has 0 spiro atoms. The molecule has 0 saturated carbocycles. The number of nitrogens with one attached hydrogen (secondary N) is 1. The third-order valence-corrected chi connectivity index (χ3v) is 3.57. The molecule has 0 atom stereocenters. The van der Waals surface area contributed by atoms with Crippen molar-refractivity contribution in [3.8, 4) is 0 Å². The first kappa shape index (κ1) is 14.2. The van der Waals surface area contributed by atoms with Crippen LogP contribution in [0, 0.1) is 0 Å². The molecule has 9 nitrogen and oxygen atoms in total. The average Bonchev–Trinajstić information content (AvgIpc) is 2.76. The zero-order valence-corrected chi connectivity index (χ0v) is 11.3. The topological polar surface area (TPSA) is 127 Å². The van der Waals surface area contributed by atoms with Crippen LogP contribution in [-0.2, 0) is 21.4 Å². The molecule has 2 N–H and O–H groups in total. The van der Waals surface area contributed by atoms with Crippen molar-refractivity contribution >= 4 is 33.4 Å². The molecule has 0 fully saturated rings. The highest BCUT2D eigenvalue weighted by molar-refractivity contribution is 7.92. The first-order valence-corrected chi connectivity index (χ1v) is 6.98. The molecule has 20 heavy (non-hydrogen) atoms. The number of hydrogen-bond acceptors (Lipinski definition) is 6. The molecule has 0 aliphatic rings. The first-order valence-electron chi connectivity index (χ1n) is 5.12. The minimum atomic E-state index is -3.92. The van der Waals surface area contributed by atoms with Crippen LogP contribution in [0.15, 0.2) is 29.6 Å². The van der Waals surface area contributed by atoms with Gasteiger partial charge in [0.2, 0.25) is 5.28 Å². The molecular weight excluding hydrogens is 310 g/mol. The van der Waals surface area contributed by atoms with Crippen molar-refractivity contribution in [2.75, 3.05) is 4.72 Å². The standard InChI is InChI=1S/C9H8ClN5O4S/c10-9-11-2-1-7(13-9)14-20(18,19)6-3-12-15(4-6)5-8(16)17/h1-4H,5H2,(H,16,17)(H,11,13,14). The van der Waals surface area contributed by atoms with Gasteiger partial charge in [-0.3, -0.25) is 14.2 Å². The maximum Gasteiger partial charge on any atom is 0.325 e. The highest BCUT2D eigenvalue weighted by Crippen LogP contribution is 2.14. The molecular formula is C9H8ClN5O4S. The summed E-state index contributed by atoms with van der Waals surface area (Å²) < 4.78 is 27.2. The van der Waals surface area contributed by atoms with Gasteiger partial charge in [-0.15, -0.1) is 0 Å². The highest BCUT2D eigenvalue weighted by atomic mass is 35.5. The van der Waals surface area contributed by atoms with Crippen LogP contribution in [0.2, 0.25) is 5.28 Å². The summed E-state index contributed by atoms with van der Waals surface area (Å²) >= 11 is 5.54.